The summed E-state index contributed by atoms with van der Waals surface area (Å²) < 4.78 is 0. The molecule has 0 bridgehead atoms. The van der Waals surface area contributed by atoms with Crippen LogP contribution >= 0.6 is 12.2 Å². The maximum Gasteiger partial charge on any atom is 0.170 e. The molecular formula is C16H25N3S. The number of hydrogen-bond acceptors (Lipinski definition) is 2. The highest BCUT2D eigenvalue weighted by atomic mass is 32.1. The number of nitrogens with one attached hydrogen (secondary N) is 2. The molecule has 0 unspecified atom stereocenters. The molecule has 0 saturated carbocycles. The van der Waals surface area contributed by atoms with Crippen molar-refractivity contribution in [2.75, 3.05) is 25.5 Å². The van der Waals surface area contributed by atoms with Gasteiger partial charge in [0.2, 0.25) is 0 Å². The lowest BCUT2D eigenvalue weighted by molar-refractivity contribution is 0.247. The molecule has 0 aliphatic carbocycles. The summed E-state index contributed by atoms with van der Waals surface area (Å²) in [6.45, 7) is 6.69. The summed E-state index contributed by atoms with van der Waals surface area (Å²) in [6.07, 6.45) is 2.31. The summed E-state index contributed by atoms with van der Waals surface area (Å²) in [7, 11) is 2.17. The summed E-state index contributed by atoms with van der Waals surface area (Å²) in [6, 6.07) is 9.01. The van der Waals surface area contributed by atoms with E-state index in [-0.39, 0.29) is 0 Å². The molecule has 0 spiro atoms. The first-order valence-corrected chi connectivity index (χ1v) is 7.81. The fourth-order valence-corrected chi connectivity index (χ4v) is 2.74. The number of thiocarbonyl (C=S) groups is 1. The normalized spacial score (nSPS) is 17.2. The van der Waals surface area contributed by atoms with E-state index >= 15 is 0 Å². The van der Waals surface area contributed by atoms with Crippen molar-refractivity contribution in [1.29, 1.82) is 0 Å². The van der Waals surface area contributed by atoms with E-state index in [4.69, 9.17) is 12.2 Å². The molecule has 1 aliphatic heterocycles. The Labute approximate surface area is 127 Å². The maximum absolute atomic E-state index is 5.39. The van der Waals surface area contributed by atoms with Gasteiger partial charge < -0.3 is 15.5 Å². The third-order valence-corrected chi connectivity index (χ3v) is 4.11. The van der Waals surface area contributed by atoms with Gasteiger partial charge in [-0.3, -0.25) is 0 Å². The van der Waals surface area contributed by atoms with Gasteiger partial charge in [-0.25, -0.2) is 0 Å². The zero-order valence-corrected chi connectivity index (χ0v) is 13.5. The van der Waals surface area contributed by atoms with Gasteiger partial charge in [0.25, 0.3) is 0 Å². The molecule has 4 heteroatoms. The number of rotatable bonds is 3. The van der Waals surface area contributed by atoms with Crippen LogP contribution in [0.2, 0.25) is 0 Å². The highest BCUT2D eigenvalue weighted by Gasteiger charge is 2.16. The van der Waals surface area contributed by atoms with E-state index in [9.17, 15) is 0 Å². The average molecular weight is 291 g/mol. The second kappa shape index (κ2) is 7.04. The van der Waals surface area contributed by atoms with Gasteiger partial charge in [0.05, 0.1) is 0 Å². The first-order valence-electron chi connectivity index (χ1n) is 7.40. The van der Waals surface area contributed by atoms with Gasteiger partial charge in [-0.15, -0.1) is 0 Å². The SMILES string of the molecule is CC(C)c1ccc(NC(=S)NC2CCN(C)CC2)cc1. The van der Waals surface area contributed by atoms with Crippen molar-refractivity contribution >= 4 is 23.0 Å². The zero-order chi connectivity index (χ0) is 14.5. The van der Waals surface area contributed by atoms with Crippen LogP contribution in [0.15, 0.2) is 24.3 Å². The molecule has 0 atom stereocenters. The maximum atomic E-state index is 5.39. The van der Waals surface area contributed by atoms with E-state index in [1.807, 2.05) is 0 Å². The quantitative estimate of drug-likeness (QED) is 0.836. The first kappa shape index (κ1) is 15.3. The largest absolute Gasteiger partial charge is 0.360 e. The van der Waals surface area contributed by atoms with Crippen molar-refractivity contribution in [1.82, 2.24) is 10.2 Å². The van der Waals surface area contributed by atoms with Crippen molar-refractivity contribution in [2.45, 2.75) is 38.6 Å². The summed E-state index contributed by atoms with van der Waals surface area (Å²) >= 11 is 5.39. The molecule has 1 saturated heterocycles. The van der Waals surface area contributed by atoms with E-state index in [1.165, 1.54) is 5.56 Å². The van der Waals surface area contributed by atoms with Crippen molar-refractivity contribution in [3.63, 3.8) is 0 Å². The van der Waals surface area contributed by atoms with Gasteiger partial charge in [0.15, 0.2) is 5.11 Å². The van der Waals surface area contributed by atoms with Gasteiger partial charge in [0, 0.05) is 11.7 Å². The molecule has 3 nitrogen and oxygen atoms in total. The molecule has 1 aromatic rings. The zero-order valence-electron chi connectivity index (χ0n) is 12.6. The number of benzene rings is 1. The monoisotopic (exact) mass is 291 g/mol. The third kappa shape index (κ3) is 4.46. The van der Waals surface area contributed by atoms with Crippen LogP contribution in [-0.2, 0) is 0 Å². The van der Waals surface area contributed by atoms with Crippen LogP contribution in [0.1, 0.15) is 38.2 Å². The number of piperidine rings is 1. The number of likely N-dealkylation sites (tertiary alicyclic amines) is 1. The fourth-order valence-electron chi connectivity index (χ4n) is 2.46. The number of nitrogens with zero attached hydrogens (tertiary/aromatic N) is 1. The van der Waals surface area contributed by atoms with E-state index in [1.54, 1.807) is 0 Å². The Morgan fingerprint density at radius 2 is 1.80 bits per heavy atom. The Balaban J connectivity index is 1.82. The molecule has 1 heterocycles. The Morgan fingerprint density at radius 1 is 1.20 bits per heavy atom. The van der Waals surface area contributed by atoms with Crippen LogP contribution in [-0.4, -0.2) is 36.2 Å². The molecule has 1 aromatic carbocycles. The predicted octanol–water partition coefficient (Wildman–Crippen LogP) is 3.19. The van der Waals surface area contributed by atoms with Crippen LogP contribution in [0.4, 0.5) is 5.69 Å². The van der Waals surface area contributed by atoms with Crippen molar-refractivity contribution in [3.8, 4) is 0 Å². The Morgan fingerprint density at radius 3 is 2.35 bits per heavy atom. The Hall–Kier alpha value is -1.13. The Kier molecular flexibility index (Phi) is 5.38. The molecule has 0 amide bonds. The van der Waals surface area contributed by atoms with Gasteiger partial charge in [0.1, 0.15) is 0 Å². The highest BCUT2D eigenvalue weighted by Crippen LogP contribution is 2.17. The average Bonchev–Trinajstić information content (AvgIpc) is 2.42. The van der Waals surface area contributed by atoms with Crippen molar-refractivity contribution in [3.05, 3.63) is 29.8 Å². The number of anilines is 1. The Bertz CT molecular complexity index is 434. The van der Waals surface area contributed by atoms with Crippen LogP contribution in [0.25, 0.3) is 0 Å². The van der Waals surface area contributed by atoms with Gasteiger partial charge in [-0.1, -0.05) is 26.0 Å². The van der Waals surface area contributed by atoms with Crippen LogP contribution in [0.5, 0.6) is 0 Å². The van der Waals surface area contributed by atoms with Gasteiger partial charge in [-0.2, -0.15) is 0 Å². The number of hydrogen-bond donors (Lipinski definition) is 2. The van der Waals surface area contributed by atoms with Crippen molar-refractivity contribution in [2.24, 2.45) is 0 Å². The summed E-state index contributed by atoms with van der Waals surface area (Å²) in [4.78, 5) is 2.36. The van der Waals surface area contributed by atoms with E-state index in [2.05, 4.69) is 60.7 Å². The minimum absolute atomic E-state index is 0.501. The van der Waals surface area contributed by atoms with Crippen LogP contribution < -0.4 is 10.6 Å². The van der Waals surface area contributed by atoms with Crippen LogP contribution in [0.3, 0.4) is 0 Å². The van der Waals surface area contributed by atoms with E-state index in [0.29, 0.717) is 12.0 Å². The molecule has 20 heavy (non-hydrogen) atoms. The molecule has 0 radical (unpaired) electrons. The summed E-state index contributed by atoms with van der Waals surface area (Å²) in [5.41, 5.74) is 2.41. The first-order chi connectivity index (χ1) is 9.54. The minimum atomic E-state index is 0.501. The van der Waals surface area contributed by atoms with Crippen LogP contribution in [0, 0.1) is 0 Å². The van der Waals surface area contributed by atoms with Gasteiger partial charge in [-0.05, 0) is 68.8 Å². The lowest BCUT2D eigenvalue weighted by Gasteiger charge is -2.30. The second-order valence-electron chi connectivity index (χ2n) is 5.95. The fraction of sp³-hybridized carbons (Fsp3) is 0.562. The molecule has 1 aliphatic rings. The molecule has 2 N–H and O–H groups in total. The lowest BCUT2D eigenvalue weighted by Crippen LogP contribution is -2.44. The molecular weight excluding hydrogens is 266 g/mol. The lowest BCUT2D eigenvalue weighted by atomic mass is 10.0. The molecule has 110 valence electrons. The molecule has 1 fully saturated rings. The third-order valence-electron chi connectivity index (χ3n) is 3.89. The molecule has 2 rings (SSSR count). The molecule has 0 aromatic heterocycles. The predicted molar refractivity (Wildman–Crippen MR) is 90.4 cm³/mol. The topological polar surface area (TPSA) is 27.3 Å². The minimum Gasteiger partial charge on any atom is -0.360 e. The second-order valence-corrected chi connectivity index (χ2v) is 6.36. The standard InChI is InChI=1S/C16H25N3S/c1-12(2)13-4-6-14(7-5-13)17-16(20)18-15-8-10-19(3)11-9-15/h4-7,12,15H,8-11H2,1-3H3,(H2,17,18,20). The summed E-state index contributed by atoms with van der Waals surface area (Å²) in [5, 5.41) is 7.43. The van der Waals surface area contributed by atoms with E-state index < -0.39 is 0 Å². The smallest absolute Gasteiger partial charge is 0.170 e. The van der Waals surface area contributed by atoms with E-state index in [0.717, 1.165) is 36.7 Å². The van der Waals surface area contributed by atoms with Crippen molar-refractivity contribution < 1.29 is 0 Å². The summed E-state index contributed by atoms with van der Waals surface area (Å²) in [5.74, 6) is 0.563. The van der Waals surface area contributed by atoms with Gasteiger partial charge >= 0.3 is 0 Å². The highest BCUT2D eigenvalue weighted by molar-refractivity contribution is 7.80.